The molecule has 1 aliphatic heterocycles. The summed E-state index contributed by atoms with van der Waals surface area (Å²) in [7, 11) is 0. The molecule has 0 spiro atoms. The number of hydrogen-bond donors (Lipinski definition) is 1. The van der Waals surface area contributed by atoms with Crippen LogP contribution in [0, 0.1) is 11.8 Å². The van der Waals surface area contributed by atoms with Crippen LogP contribution in [0.15, 0.2) is 42.7 Å². The maximum atomic E-state index is 12.7. The van der Waals surface area contributed by atoms with Gasteiger partial charge in [0, 0.05) is 50.1 Å². The molecular weight excluding hydrogens is 397 g/mol. The van der Waals surface area contributed by atoms with E-state index in [1.807, 2.05) is 23.9 Å². The van der Waals surface area contributed by atoms with Crippen LogP contribution in [-0.2, 0) is 17.5 Å². The molecule has 0 radical (unpaired) electrons. The molecule has 0 aliphatic carbocycles. The van der Waals surface area contributed by atoms with Crippen LogP contribution in [0.4, 0.5) is 13.2 Å². The van der Waals surface area contributed by atoms with Crippen LogP contribution < -0.4 is 5.32 Å². The number of likely N-dealkylation sites (tertiary alicyclic amines) is 1. The number of halogens is 3. The second-order valence-electron chi connectivity index (χ2n) is 7.72. The Bertz CT molecular complexity index is 842. The van der Waals surface area contributed by atoms with Gasteiger partial charge in [0.25, 0.3) is 5.91 Å². The monoisotopic (exact) mass is 422 g/mol. The summed E-state index contributed by atoms with van der Waals surface area (Å²) < 4.78 is 39.8. The van der Waals surface area contributed by atoms with Gasteiger partial charge in [-0.2, -0.15) is 18.3 Å². The normalized spacial score (nSPS) is 16.3. The Morgan fingerprint density at radius 2 is 1.87 bits per heavy atom. The fourth-order valence-corrected chi connectivity index (χ4v) is 3.54. The molecule has 0 bridgehead atoms. The predicted octanol–water partition coefficient (Wildman–Crippen LogP) is 3.21. The number of rotatable bonds is 6. The third kappa shape index (κ3) is 5.61. The van der Waals surface area contributed by atoms with Crippen LogP contribution in [0.5, 0.6) is 0 Å². The van der Waals surface area contributed by atoms with E-state index < -0.39 is 11.7 Å². The number of hydrogen-bond acceptors (Lipinski definition) is 3. The Morgan fingerprint density at radius 1 is 1.20 bits per heavy atom. The molecule has 1 unspecified atom stereocenters. The van der Waals surface area contributed by atoms with Crippen LogP contribution >= 0.6 is 0 Å². The van der Waals surface area contributed by atoms with Crippen LogP contribution in [0.3, 0.4) is 0 Å². The van der Waals surface area contributed by atoms with Gasteiger partial charge >= 0.3 is 6.18 Å². The minimum atomic E-state index is -4.43. The maximum Gasteiger partial charge on any atom is 0.416 e. The second-order valence-corrected chi connectivity index (χ2v) is 7.72. The third-order valence-electron chi connectivity index (χ3n) is 5.29. The number of nitrogens with zero attached hydrogens (tertiary/aromatic N) is 3. The van der Waals surface area contributed by atoms with Crippen LogP contribution in [0.1, 0.15) is 35.7 Å². The minimum absolute atomic E-state index is 0.0241. The number of aromatic nitrogens is 2. The van der Waals surface area contributed by atoms with Crippen LogP contribution in [0.25, 0.3) is 0 Å². The molecule has 2 amide bonds. The van der Waals surface area contributed by atoms with E-state index in [9.17, 15) is 22.8 Å². The summed E-state index contributed by atoms with van der Waals surface area (Å²) in [5, 5.41) is 7.12. The van der Waals surface area contributed by atoms with Crippen molar-refractivity contribution >= 4 is 11.8 Å². The molecule has 1 saturated heterocycles. The van der Waals surface area contributed by atoms with Crippen molar-refractivity contribution in [3.63, 3.8) is 0 Å². The van der Waals surface area contributed by atoms with Gasteiger partial charge in [0.2, 0.25) is 5.91 Å². The van der Waals surface area contributed by atoms with Gasteiger partial charge in [-0.05, 0) is 49.1 Å². The molecular formula is C21H25F3N4O2. The standard InChI is InChI=1S/C21H25F3N4O2/c1-15(14-28-10-2-9-26-28)13-25-19(29)16-7-11-27(12-8-16)20(30)17-3-5-18(6-4-17)21(22,23)24/h2-6,9-10,15-16H,7-8,11-14H2,1H3,(H,25,29). The Morgan fingerprint density at radius 3 is 2.43 bits per heavy atom. The number of benzene rings is 1. The fraction of sp³-hybridized carbons (Fsp3) is 0.476. The molecule has 2 heterocycles. The molecule has 1 atom stereocenters. The van der Waals surface area contributed by atoms with Crippen molar-refractivity contribution in [3.8, 4) is 0 Å². The van der Waals surface area contributed by atoms with E-state index in [1.165, 1.54) is 12.1 Å². The van der Waals surface area contributed by atoms with E-state index in [0.29, 0.717) is 39.0 Å². The first-order chi connectivity index (χ1) is 14.2. The van der Waals surface area contributed by atoms with Gasteiger partial charge in [-0.15, -0.1) is 0 Å². The molecule has 1 aliphatic rings. The molecule has 0 saturated carbocycles. The van der Waals surface area contributed by atoms with Gasteiger partial charge in [-0.25, -0.2) is 0 Å². The Labute approximate surface area is 173 Å². The molecule has 1 fully saturated rings. The number of carbonyl (C=O) groups is 2. The smallest absolute Gasteiger partial charge is 0.356 e. The summed E-state index contributed by atoms with van der Waals surface area (Å²) in [6, 6.07) is 6.08. The lowest BCUT2D eigenvalue weighted by Gasteiger charge is -2.31. The zero-order valence-electron chi connectivity index (χ0n) is 16.7. The molecule has 9 heteroatoms. The zero-order valence-corrected chi connectivity index (χ0v) is 16.7. The van der Waals surface area contributed by atoms with Gasteiger partial charge < -0.3 is 10.2 Å². The van der Waals surface area contributed by atoms with Crippen molar-refractivity contribution in [1.29, 1.82) is 0 Å². The summed E-state index contributed by atoms with van der Waals surface area (Å²) >= 11 is 0. The van der Waals surface area contributed by atoms with Crippen molar-refractivity contribution < 1.29 is 22.8 Å². The molecule has 1 aromatic heterocycles. The van der Waals surface area contributed by atoms with Gasteiger partial charge in [0.05, 0.1) is 5.56 Å². The van der Waals surface area contributed by atoms with E-state index in [0.717, 1.165) is 12.1 Å². The third-order valence-corrected chi connectivity index (χ3v) is 5.29. The Balaban J connectivity index is 1.44. The molecule has 6 nitrogen and oxygen atoms in total. The highest BCUT2D eigenvalue weighted by Gasteiger charge is 2.31. The summed E-state index contributed by atoms with van der Waals surface area (Å²) in [5.74, 6) is -0.270. The Hall–Kier alpha value is -2.84. The highest BCUT2D eigenvalue weighted by molar-refractivity contribution is 5.94. The zero-order chi connectivity index (χ0) is 21.7. The van der Waals surface area contributed by atoms with Gasteiger partial charge in [0.15, 0.2) is 0 Å². The van der Waals surface area contributed by atoms with Crippen molar-refractivity contribution in [2.45, 2.75) is 32.5 Å². The summed E-state index contributed by atoms with van der Waals surface area (Å²) in [5.41, 5.74) is -0.561. The van der Waals surface area contributed by atoms with E-state index in [2.05, 4.69) is 10.4 Å². The largest absolute Gasteiger partial charge is 0.416 e. The van der Waals surface area contributed by atoms with Gasteiger partial charge in [-0.1, -0.05) is 6.92 Å². The van der Waals surface area contributed by atoms with Gasteiger partial charge in [0.1, 0.15) is 0 Å². The molecule has 2 aromatic rings. The summed E-state index contributed by atoms with van der Waals surface area (Å²) in [4.78, 5) is 26.6. The number of piperidine rings is 1. The van der Waals surface area contributed by atoms with Gasteiger partial charge in [-0.3, -0.25) is 14.3 Å². The van der Waals surface area contributed by atoms with Crippen molar-refractivity contribution in [3.05, 3.63) is 53.9 Å². The highest BCUT2D eigenvalue weighted by Crippen LogP contribution is 2.29. The topological polar surface area (TPSA) is 67.2 Å². The SMILES string of the molecule is CC(CNC(=O)C1CCN(C(=O)c2ccc(C(F)(F)F)cc2)CC1)Cn1cccn1. The van der Waals surface area contributed by atoms with Crippen molar-refractivity contribution in [2.75, 3.05) is 19.6 Å². The summed E-state index contributed by atoms with van der Waals surface area (Å²) in [6.45, 7) is 4.10. The number of nitrogens with one attached hydrogen (secondary N) is 1. The first-order valence-corrected chi connectivity index (χ1v) is 9.95. The number of alkyl halides is 3. The van der Waals surface area contributed by atoms with E-state index in [1.54, 1.807) is 11.1 Å². The quantitative estimate of drug-likeness (QED) is 0.778. The number of carbonyl (C=O) groups excluding carboxylic acids is 2. The van der Waals surface area contributed by atoms with E-state index in [-0.39, 0.29) is 29.2 Å². The lowest BCUT2D eigenvalue weighted by Crippen LogP contribution is -2.43. The second kappa shape index (κ2) is 9.32. The minimum Gasteiger partial charge on any atom is -0.356 e. The predicted molar refractivity (Wildman–Crippen MR) is 104 cm³/mol. The molecule has 1 N–H and O–H groups in total. The lowest BCUT2D eigenvalue weighted by atomic mass is 9.95. The Kier molecular flexibility index (Phi) is 6.79. The first kappa shape index (κ1) is 21.9. The summed E-state index contributed by atoms with van der Waals surface area (Å²) in [6.07, 6.45) is 0.230. The molecule has 30 heavy (non-hydrogen) atoms. The molecule has 1 aromatic carbocycles. The van der Waals surface area contributed by atoms with E-state index in [4.69, 9.17) is 0 Å². The molecule has 3 rings (SSSR count). The number of amides is 2. The van der Waals surface area contributed by atoms with Crippen molar-refractivity contribution in [2.24, 2.45) is 11.8 Å². The van der Waals surface area contributed by atoms with Crippen molar-refractivity contribution in [1.82, 2.24) is 20.0 Å². The van der Waals surface area contributed by atoms with Crippen LogP contribution in [0.2, 0.25) is 0 Å². The average Bonchev–Trinajstić information content (AvgIpc) is 3.24. The lowest BCUT2D eigenvalue weighted by molar-refractivity contribution is -0.137. The average molecular weight is 422 g/mol. The fourth-order valence-electron chi connectivity index (χ4n) is 3.54. The highest BCUT2D eigenvalue weighted by atomic mass is 19.4. The van der Waals surface area contributed by atoms with Crippen LogP contribution in [-0.4, -0.2) is 46.1 Å². The maximum absolute atomic E-state index is 12.7. The van der Waals surface area contributed by atoms with E-state index >= 15 is 0 Å². The first-order valence-electron chi connectivity index (χ1n) is 9.95. The molecule has 162 valence electrons.